The lowest BCUT2D eigenvalue weighted by Crippen LogP contribution is -2.36. The summed E-state index contributed by atoms with van der Waals surface area (Å²) in [5, 5.41) is 5.57. The number of carbonyl (C=O) groups excluding carboxylic acids is 1. The SMILES string of the molecule is CCCCCCC(C)NC(=O)Nc1cccc(S(=O)(=O)CC)c1. The van der Waals surface area contributed by atoms with Crippen molar-refractivity contribution in [2.75, 3.05) is 11.1 Å². The van der Waals surface area contributed by atoms with Gasteiger partial charge in [0, 0.05) is 11.7 Å². The Balaban J connectivity index is 2.53. The van der Waals surface area contributed by atoms with Crippen molar-refractivity contribution in [2.45, 2.75) is 63.8 Å². The van der Waals surface area contributed by atoms with Crippen molar-refractivity contribution in [1.82, 2.24) is 5.32 Å². The Labute approximate surface area is 139 Å². The van der Waals surface area contributed by atoms with Crippen molar-refractivity contribution in [3.63, 3.8) is 0 Å². The molecule has 1 rings (SSSR count). The van der Waals surface area contributed by atoms with Gasteiger partial charge in [-0.3, -0.25) is 0 Å². The monoisotopic (exact) mass is 340 g/mol. The van der Waals surface area contributed by atoms with Gasteiger partial charge in [-0.1, -0.05) is 45.6 Å². The van der Waals surface area contributed by atoms with E-state index >= 15 is 0 Å². The quantitative estimate of drug-likeness (QED) is 0.668. The number of benzene rings is 1. The molecule has 0 aliphatic heterocycles. The molecule has 0 radical (unpaired) electrons. The minimum Gasteiger partial charge on any atom is -0.335 e. The molecule has 0 saturated heterocycles. The topological polar surface area (TPSA) is 75.3 Å². The van der Waals surface area contributed by atoms with Gasteiger partial charge < -0.3 is 10.6 Å². The molecule has 130 valence electrons. The van der Waals surface area contributed by atoms with Gasteiger partial charge in [0.25, 0.3) is 0 Å². The van der Waals surface area contributed by atoms with Crippen LogP contribution in [0.4, 0.5) is 10.5 Å². The highest BCUT2D eigenvalue weighted by Gasteiger charge is 2.13. The van der Waals surface area contributed by atoms with Crippen molar-refractivity contribution in [2.24, 2.45) is 0 Å². The fraction of sp³-hybridized carbons (Fsp3) is 0.588. The van der Waals surface area contributed by atoms with E-state index in [1.165, 1.54) is 31.4 Å². The van der Waals surface area contributed by atoms with Gasteiger partial charge in [0.05, 0.1) is 10.6 Å². The van der Waals surface area contributed by atoms with Crippen LogP contribution < -0.4 is 10.6 Å². The molecule has 0 aliphatic rings. The van der Waals surface area contributed by atoms with Gasteiger partial charge in [-0.2, -0.15) is 0 Å². The molecule has 0 spiro atoms. The normalized spacial score (nSPS) is 12.7. The van der Waals surface area contributed by atoms with Crippen LogP contribution in [0, 0.1) is 0 Å². The first-order valence-corrected chi connectivity index (χ1v) is 9.94. The summed E-state index contributed by atoms with van der Waals surface area (Å²) in [5.41, 5.74) is 0.482. The number of sulfone groups is 1. The number of anilines is 1. The molecule has 0 heterocycles. The van der Waals surface area contributed by atoms with Crippen LogP contribution in [-0.4, -0.2) is 26.2 Å². The van der Waals surface area contributed by atoms with Crippen LogP contribution in [0.2, 0.25) is 0 Å². The van der Waals surface area contributed by atoms with E-state index in [0.717, 1.165) is 12.8 Å². The molecule has 0 bridgehead atoms. The third kappa shape index (κ3) is 7.03. The average molecular weight is 340 g/mol. The number of carbonyl (C=O) groups is 1. The first-order chi connectivity index (χ1) is 10.9. The summed E-state index contributed by atoms with van der Waals surface area (Å²) in [7, 11) is -3.27. The number of nitrogens with one attached hydrogen (secondary N) is 2. The Morgan fingerprint density at radius 3 is 2.57 bits per heavy atom. The van der Waals surface area contributed by atoms with Gasteiger partial charge in [-0.15, -0.1) is 0 Å². The summed E-state index contributed by atoms with van der Waals surface area (Å²) in [6, 6.07) is 6.13. The van der Waals surface area contributed by atoms with E-state index in [0.29, 0.717) is 5.69 Å². The van der Waals surface area contributed by atoms with Crippen molar-refractivity contribution in [1.29, 1.82) is 0 Å². The number of hydrogen-bond donors (Lipinski definition) is 2. The summed E-state index contributed by atoms with van der Waals surface area (Å²) < 4.78 is 23.7. The van der Waals surface area contributed by atoms with E-state index in [1.54, 1.807) is 19.1 Å². The maximum Gasteiger partial charge on any atom is 0.319 e. The van der Waals surface area contributed by atoms with Crippen molar-refractivity contribution < 1.29 is 13.2 Å². The Morgan fingerprint density at radius 2 is 1.91 bits per heavy atom. The standard InChI is InChI=1S/C17H28N2O3S/c1-4-6-7-8-10-14(3)18-17(20)19-15-11-9-12-16(13-15)23(21,22)5-2/h9,11-14H,4-8,10H2,1-3H3,(H2,18,19,20). The molecular weight excluding hydrogens is 312 g/mol. The minimum atomic E-state index is -3.27. The number of urea groups is 1. The molecule has 23 heavy (non-hydrogen) atoms. The van der Waals surface area contributed by atoms with Crippen LogP contribution in [0.3, 0.4) is 0 Å². The molecule has 0 aromatic heterocycles. The van der Waals surface area contributed by atoms with Crippen LogP contribution in [-0.2, 0) is 9.84 Å². The highest BCUT2D eigenvalue weighted by atomic mass is 32.2. The largest absolute Gasteiger partial charge is 0.335 e. The van der Waals surface area contributed by atoms with Crippen molar-refractivity contribution in [3.8, 4) is 0 Å². The molecule has 1 aromatic carbocycles. The minimum absolute atomic E-state index is 0.0391. The molecule has 1 unspecified atom stereocenters. The fourth-order valence-corrected chi connectivity index (χ4v) is 3.20. The van der Waals surface area contributed by atoms with E-state index in [1.807, 2.05) is 6.92 Å². The van der Waals surface area contributed by atoms with Gasteiger partial charge in [0.15, 0.2) is 9.84 Å². The molecule has 0 aliphatic carbocycles. The van der Waals surface area contributed by atoms with E-state index < -0.39 is 9.84 Å². The molecular formula is C17H28N2O3S. The van der Waals surface area contributed by atoms with E-state index in [4.69, 9.17) is 0 Å². The van der Waals surface area contributed by atoms with Gasteiger partial charge in [-0.25, -0.2) is 13.2 Å². The van der Waals surface area contributed by atoms with E-state index in [-0.39, 0.29) is 22.7 Å². The highest BCUT2D eigenvalue weighted by molar-refractivity contribution is 7.91. The van der Waals surface area contributed by atoms with Gasteiger partial charge in [-0.05, 0) is 31.5 Å². The summed E-state index contributed by atoms with van der Waals surface area (Å²) in [4.78, 5) is 12.2. The lowest BCUT2D eigenvalue weighted by molar-refractivity contribution is 0.248. The Kier molecular flexibility index (Phi) is 8.09. The second kappa shape index (κ2) is 9.55. The second-order valence-electron chi connectivity index (χ2n) is 5.78. The number of unbranched alkanes of at least 4 members (excludes halogenated alkanes) is 3. The van der Waals surface area contributed by atoms with Crippen molar-refractivity contribution in [3.05, 3.63) is 24.3 Å². The number of rotatable bonds is 9. The van der Waals surface area contributed by atoms with Crippen LogP contribution in [0.1, 0.15) is 52.9 Å². The van der Waals surface area contributed by atoms with Gasteiger partial charge in [0.1, 0.15) is 0 Å². The molecule has 6 heteroatoms. The average Bonchev–Trinajstić information content (AvgIpc) is 2.51. The summed E-state index contributed by atoms with van der Waals surface area (Å²) in [6.45, 7) is 5.74. The Bertz CT molecular complexity index is 600. The predicted octanol–water partition coefficient (Wildman–Crippen LogP) is 3.96. The zero-order valence-electron chi connectivity index (χ0n) is 14.3. The fourth-order valence-electron chi connectivity index (χ4n) is 2.27. The first kappa shape index (κ1) is 19.5. The molecule has 2 amide bonds. The number of amides is 2. The van der Waals surface area contributed by atoms with Crippen LogP contribution >= 0.6 is 0 Å². The zero-order valence-corrected chi connectivity index (χ0v) is 15.1. The maximum absolute atomic E-state index is 12.0. The third-order valence-corrected chi connectivity index (χ3v) is 5.43. The summed E-state index contributed by atoms with van der Waals surface area (Å²) in [5.74, 6) is 0.0391. The Hall–Kier alpha value is -1.56. The second-order valence-corrected chi connectivity index (χ2v) is 8.06. The Morgan fingerprint density at radius 1 is 1.17 bits per heavy atom. The first-order valence-electron chi connectivity index (χ1n) is 8.29. The van der Waals surface area contributed by atoms with Crippen molar-refractivity contribution >= 4 is 21.6 Å². The maximum atomic E-state index is 12.0. The summed E-state index contributed by atoms with van der Waals surface area (Å²) in [6.07, 6.45) is 5.63. The number of hydrogen-bond acceptors (Lipinski definition) is 3. The molecule has 1 atom stereocenters. The van der Waals surface area contributed by atoms with Gasteiger partial charge in [0.2, 0.25) is 0 Å². The molecule has 5 nitrogen and oxygen atoms in total. The molecule has 0 fully saturated rings. The lowest BCUT2D eigenvalue weighted by Gasteiger charge is -2.15. The van der Waals surface area contributed by atoms with Crippen LogP contribution in [0.25, 0.3) is 0 Å². The summed E-state index contributed by atoms with van der Waals surface area (Å²) >= 11 is 0. The van der Waals surface area contributed by atoms with E-state index in [2.05, 4.69) is 17.6 Å². The van der Waals surface area contributed by atoms with E-state index in [9.17, 15) is 13.2 Å². The molecule has 0 saturated carbocycles. The highest BCUT2D eigenvalue weighted by Crippen LogP contribution is 2.16. The zero-order chi connectivity index (χ0) is 17.3. The molecule has 2 N–H and O–H groups in total. The predicted molar refractivity (Wildman–Crippen MR) is 94.5 cm³/mol. The van der Waals surface area contributed by atoms with Crippen LogP contribution in [0.15, 0.2) is 29.2 Å². The lowest BCUT2D eigenvalue weighted by atomic mass is 10.1. The molecule has 1 aromatic rings. The third-order valence-electron chi connectivity index (χ3n) is 3.70. The smallest absolute Gasteiger partial charge is 0.319 e. The van der Waals surface area contributed by atoms with Gasteiger partial charge >= 0.3 is 6.03 Å². The van der Waals surface area contributed by atoms with Crippen LogP contribution in [0.5, 0.6) is 0 Å².